The van der Waals surface area contributed by atoms with Crippen molar-refractivity contribution < 1.29 is 14.3 Å². The minimum atomic E-state index is -0.0311. The van der Waals surface area contributed by atoms with Gasteiger partial charge in [-0.15, -0.1) is 0 Å². The molecule has 1 aromatic heterocycles. The van der Waals surface area contributed by atoms with Crippen LogP contribution in [0.3, 0.4) is 0 Å². The normalized spacial score (nSPS) is 13.1. The van der Waals surface area contributed by atoms with E-state index in [1.54, 1.807) is 12.3 Å². The summed E-state index contributed by atoms with van der Waals surface area (Å²) in [6, 6.07) is 9.74. The monoisotopic (exact) mass is 381 g/mol. The molecule has 2 N–H and O–H groups in total. The van der Waals surface area contributed by atoms with Crippen molar-refractivity contribution >= 4 is 11.8 Å². The first-order chi connectivity index (χ1) is 13.5. The molecule has 1 aromatic carbocycles. The van der Waals surface area contributed by atoms with Crippen molar-refractivity contribution in [2.75, 3.05) is 6.54 Å². The first-order valence-corrected chi connectivity index (χ1v) is 9.76. The lowest BCUT2D eigenvalue weighted by molar-refractivity contribution is -0.123. The van der Waals surface area contributed by atoms with Gasteiger partial charge in [0.15, 0.2) is 0 Å². The van der Waals surface area contributed by atoms with Crippen LogP contribution in [0.5, 0.6) is 11.6 Å². The van der Waals surface area contributed by atoms with Gasteiger partial charge in [-0.2, -0.15) is 0 Å². The van der Waals surface area contributed by atoms with Gasteiger partial charge < -0.3 is 15.4 Å². The highest BCUT2D eigenvalue weighted by Gasteiger charge is 2.28. The molecule has 1 aliphatic carbocycles. The van der Waals surface area contributed by atoms with Crippen molar-refractivity contribution in [2.24, 2.45) is 5.92 Å². The minimum Gasteiger partial charge on any atom is -0.439 e. The second-order valence-corrected chi connectivity index (χ2v) is 7.32. The molecule has 3 rings (SSSR count). The second kappa shape index (κ2) is 9.35. The number of amides is 2. The number of carbonyl (C=O) groups is 2. The molecule has 1 heterocycles. The van der Waals surface area contributed by atoms with E-state index in [9.17, 15) is 9.59 Å². The average Bonchev–Trinajstić information content (AvgIpc) is 3.53. The number of nitrogens with zero attached hydrogens (tertiary/aromatic N) is 1. The van der Waals surface area contributed by atoms with Crippen LogP contribution in [-0.4, -0.2) is 23.3 Å². The highest BCUT2D eigenvalue weighted by Crippen LogP contribution is 2.28. The van der Waals surface area contributed by atoms with Crippen molar-refractivity contribution in [1.29, 1.82) is 0 Å². The van der Waals surface area contributed by atoms with E-state index in [4.69, 9.17) is 4.74 Å². The van der Waals surface area contributed by atoms with Gasteiger partial charge in [-0.3, -0.25) is 9.59 Å². The quantitative estimate of drug-likeness (QED) is 0.652. The summed E-state index contributed by atoms with van der Waals surface area (Å²) >= 11 is 0. The molecule has 6 nitrogen and oxygen atoms in total. The first kappa shape index (κ1) is 19.9. The average molecular weight is 381 g/mol. The number of rotatable bonds is 9. The SMILES string of the molecule is Cc1ccc(C)c(Oc2ccc(CNC(=O)CCCNC(=O)C3CC3)cn2)c1. The van der Waals surface area contributed by atoms with Crippen LogP contribution in [-0.2, 0) is 16.1 Å². The molecule has 1 fully saturated rings. The standard InChI is InChI=1S/C22H27N3O3/c1-15-5-6-16(2)19(12-15)28-21-10-7-17(14-25-21)13-24-20(26)4-3-11-23-22(27)18-8-9-18/h5-7,10,12,14,18H,3-4,8-9,11,13H2,1-2H3,(H,23,27)(H,24,26). The summed E-state index contributed by atoms with van der Waals surface area (Å²) in [5.74, 6) is 1.62. The van der Waals surface area contributed by atoms with Gasteiger partial charge in [0.05, 0.1) is 0 Å². The van der Waals surface area contributed by atoms with Crippen LogP contribution in [0.25, 0.3) is 0 Å². The van der Waals surface area contributed by atoms with Crippen LogP contribution in [0.4, 0.5) is 0 Å². The van der Waals surface area contributed by atoms with Crippen LogP contribution in [0.2, 0.25) is 0 Å². The molecule has 0 radical (unpaired) electrons. The predicted molar refractivity (Wildman–Crippen MR) is 107 cm³/mol. The van der Waals surface area contributed by atoms with Crippen LogP contribution in [0.15, 0.2) is 36.5 Å². The molecule has 6 heteroatoms. The van der Waals surface area contributed by atoms with E-state index >= 15 is 0 Å². The third-order valence-corrected chi connectivity index (χ3v) is 4.67. The van der Waals surface area contributed by atoms with E-state index in [0.717, 1.165) is 35.3 Å². The molecule has 0 unspecified atom stereocenters. The number of nitrogens with one attached hydrogen (secondary N) is 2. The number of aryl methyl sites for hydroxylation is 2. The summed E-state index contributed by atoms with van der Waals surface area (Å²) in [5, 5.41) is 5.74. The highest BCUT2D eigenvalue weighted by molar-refractivity contribution is 5.81. The molecule has 1 aliphatic rings. The summed E-state index contributed by atoms with van der Waals surface area (Å²) in [4.78, 5) is 27.7. The summed E-state index contributed by atoms with van der Waals surface area (Å²) in [6.07, 6.45) is 4.73. The van der Waals surface area contributed by atoms with Crippen molar-refractivity contribution in [3.05, 3.63) is 53.2 Å². The Morgan fingerprint density at radius 1 is 1.14 bits per heavy atom. The van der Waals surface area contributed by atoms with E-state index < -0.39 is 0 Å². The molecule has 2 amide bonds. The number of hydrogen-bond donors (Lipinski definition) is 2. The molecule has 0 saturated heterocycles. The fourth-order valence-corrected chi connectivity index (χ4v) is 2.75. The van der Waals surface area contributed by atoms with Crippen molar-refractivity contribution in [2.45, 2.75) is 46.1 Å². The van der Waals surface area contributed by atoms with Gasteiger partial charge in [0.25, 0.3) is 0 Å². The maximum Gasteiger partial charge on any atom is 0.223 e. The van der Waals surface area contributed by atoms with Crippen LogP contribution in [0.1, 0.15) is 42.4 Å². The number of ether oxygens (including phenoxy) is 1. The highest BCUT2D eigenvalue weighted by atomic mass is 16.5. The smallest absolute Gasteiger partial charge is 0.223 e. The van der Waals surface area contributed by atoms with E-state index in [0.29, 0.717) is 31.8 Å². The largest absolute Gasteiger partial charge is 0.439 e. The fourth-order valence-electron chi connectivity index (χ4n) is 2.75. The van der Waals surface area contributed by atoms with Gasteiger partial charge in [-0.05, 0) is 55.9 Å². The van der Waals surface area contributed by atoms with Gasteiger partial charge in [0.2, 0.25) is 17.7 Å². The zero-order chi connectivity index (χ0) is 19.9. The van der Waals surface area contributed by atoms with Crippen LogP contribution >= 0.6 is 0 Å². The fraction of sp³-hybridized carbons (Fsp3) is 0.409. The van der Waals surface area contributed by atoms with Gasteiger partial charge in [-0.1, -0.05) is 18.2 Å². The lowest BCUT2D eigenvalue weighted by Crippen LogP contribution is -2.28. The maximum absolute atomic E-state index is 11.9. The van der Waals surface area contributed by atoms with Gasteiger partial charge in [-0.25, -0.2) is 4.98 Å². The third-order valence-electron chi connectivity index (χ3n) is 4.67. The van der Waals surface area contributed by atoms with Crippen molar-refractivity contribution in [1.82, 2.24) is 15.6 Å². The first-order valence-electron chi connectivity index (χ1n) is 9.76. The zero-order valence-electron chi connectivity index (χ0n) is 16.5. The van der Waals surface area contributed by atoms with Gasteiger partial charge in [0, 0.05) is 37.7 Å². The topological polar surface area (TPSA) is 80.3 Å². The summed E-state index contributed by atoms with van der Waals surface area (Å²) in [7, 11) is 0. The number of benzene rings is 1. The Labute approximate surface area is 165 Å². The third kappa shape index (κ3) is 6.08. The Hall–Kier alpha value is -2.89. The van der Waals surface area contributed by atoms with E-state index in [2.05, 4.69) is 15.6 Å². The molecular weight excluding hydrogens is 354 g/mol. The van der Waals surface area contributed by atoms with Crippen molar-refractivity contribution in [3.63, 3.8) is 0 Å². The molecule has 0 bridgehead atoms. The molecule has 148 valence electrons. The number of pyridine rings is 1. The Bertz CT molecular complexity index is 829. The number of aromatic nitrogens is 1. The lowest BCUT2D eigenvalue weighted by atomic mass is 10.1. The maximum atomic E-state index is 11.9. The molecule has 0 atom stereocenters. The second-order valence-electron chi connectivity index (χ2n) is 7.32. The molecular formula is C22H27N3O3. The number of hydrogen-bond acceptors (Lipinski definition) is 4. The molecule has 28 heavy (non-hydrogen) atoms. The lowest BCUT2D eigenvalue weighted by Gasteiger charge is -2.10. The number of carbonyl (C=O) groups excluding carboxylic acids is 2. The van der Waals surface area contributed by atoms with E-state index in [1.165, 1.54) is 0 Å². The Morgan fingerprint density at radius 3 is 2.68 bits per heavy atom. The van der Waals surface area contributed by atoms with Crippen LogP contribution in [0, 0.1) is 19.8 Å². The zero-order valence-corrected chi connectivity index (χ0v) is 16.5. The van der Waals surface area contributed by atoms with E-state index in [-0.39, 0.29) is 17.7 Å². The molecule has 1 saturated carbocycles. The van der Waals surface area contributed by atoms with E-state index in [1.807, 2.05) is 38.1 Å². The Kier molecular flexibility index (Phi) is 6.63. The summed E-state index contributed by atoms with van der Waals surface area (Å²) in [6.45, 7) is 4.99. The van der Waals surface area contributed by atoms with Gasteiger partial charge >= 0.3 is 0 Å². The summed E-state index contributed by atoms with van der Waals surface area (Å²) in [5.41, 5.74) is 3.09. The summed E-state index contributed by atoms with van der Waals surface area (Å²) < 4.78 is 5.84. The van der Waals surface area contributed by atoms with Crippen LogP contribution < -0.4 is 15.4 Å². The van der Waals surface area contributed by atoms with Crippen molar-refractivity contribution in [3.8, 4) is 11.6 Å². The predicted octanol–water partition coefficient (Wildman–Crippen LogP) is 3.41. The Morgan fingerprint density at radius 2 is 1.96 bits per heavy atom. The van der Waals surface area contributed by atoms with Gasteiger partial charge in [0.1, 0.15) is 5.75 Å². The molecule has 0 aliphatic heterocycles. The minimum absolute atomic E-state index is 0.0311. The molecule has 0 spiro atoms. The molecule has 2 aromatic rings. The Balaban J connectivity index is 1.38.